The van der Waals surface area contributed by atoms with Gasteiger partial charge < -0.3 is 10.5 Å². The molecular formula is C15H20Cl2N2O. The van der Waals surface area contributed by atoms with Crippen LogP contribution >= 0.6 is 23.2 Å². The van der Waals surface area contributed by atoms with E-state index in [4.69, 9.17) is 33.7 Å². The van der Waals surface area contributed by atoms with Gasteiger partial charge in [-0.05, 0) is 42.9 Å². The quantitative estimate of drug-likeness (QED) is 0.928. The van der Waals surface area contributed by atoms with Crippen molar-refractivity contribution in [3.05, 3.63) is 28.2 Å². The Labute approximate surface area is 130 Å². The Morgan fingerprint density at radius 3 is 2.85 bits per heavy atom. The molecule has 0 aromatic heterocycles. The highest BCUT2D eigenvalue weighted by atomic mass is 35.5. The fraction of sp³-hybridized carbons (Fsp3) is 0.600. The summed E-state index contributed by atoms with van der Waals surface area (Å²) in [6.07, 6.45) is 2.48. The van der Waals surface area contributed by atoms with Crippen molar-refractivity contribution in [1.82, 2.24) is 4.90 Å². The summed E-state index contributed by atoms with van der Waals surface area (Å²) < 4.78 is 5.74. The normalized spacial score (nSPS) is 29.6. The number of benzene rings is 1. The van der Waals surface area contributed by atoms with Gasteiger partial charge in [0.15, 0.2) is 0 Å². The molecule has 2 N–H and O–H groups in total. The molecule has 3 nitrogen and oxygen atoms in total. The predicted octanol–water partition coefficient (Wildman–Crippen LogP) is 3.04. The van der Waals surface area contributed by atoms with Crippen LogP contribution in [0.2, 0.25) is 10.0 Å². The molecule has 110 valence electrons. The maximum atomic E-state index is 6.15. The van der Waals surface area contributed by atoms with E-state index in [-0.39, 0.29) is 0 Å². The fourth-order valence-corrected chi connectivity index (χ4v) is 3.92. The molecule has 2 fully saturated rings. The van der Waals surface area contributed by atoms with E-state index in [0.717, 1.165) is 25.6 Å². The van der Waals surface area contributed by atoms with Gasteiger partial charge in [0.25, 0.3) is 0 Å². The molecule has 20 heavy (non-hydrogen) atoms. The summed E-state index contributed by atoms with van der Waals surface area (Å²) in [5, 5.41) is 1.20. The van der Waals surface area contributed by atoms with E-state index in [9.17, 15) is 0 Å². The number of hydrogen-bond donors (Lipinski definition) is 1. The second-order valence-electron chi connectivity index (χ2n) is 5.85. The van der Waals surface area contributed by atoms with Crippen molar-refractivity contribution >= 4 is 23.2 Å². The van der Waals surface area contributed by atoms with Crippen LogP contribution in [0.5, 0.6) is 5.75 Å². The van der Waals surface area contributed by atoms with Crippen LogP contribution in [0, 0.1) is 11.8 Å². The molecule has 1 aromatic rings. The number of nitrogens with two attached hydrogens (primary N) is 1. The number of ether oxygens (including phenoxy) is 1. The van der Waals surface area contributed by atoms with Gasteiger partial charge in [0.1, 0.15) is 12.4 Å². The van der Waals surface area contributed by atoms with E-state index in [1.54, 1.807) is 12.1 Å². The summed E-state index contributed by atoms with van der Waals surface area (Å²) in [7, 11) is 0. The zero-order valence-electron chi connectivity index (χ0n) is 11.4. The average molecular weight is 315 g/mol. The Balaban J connectivity index is 1.47. The van der Waals surface area contributed by atoms with Crippen molar-refractivity contribution in [2.75, 3.05) is 26.2 Å². The molecule has 1 aromatic carbocycles. The first kappa shape index (κ1) is 14.5. The third-order valence-corrected chi connectivity index (χ3v) is 5.08. The molecule has 0 amide bonds. The molecule has 0 radical (unpaired) electrons. The molecule has 2 aliphatic rings. The first-order valence-corrected chi connectivity index (χ1v) is 7.95. The van der Waals surface area contributed by atoms with Crippen molar-refractivity contribution in [2.24, 2.45) is 17.6 Å². The third-order valence-electron chi connectivity index (χ3n) is 4.55. The number of halogens is 2. The monoisotopic (exact) mass is 314 g/mol. The van der Waals surface area contributed by atoms with E-state index in [2.05, 4.69) is 4.90 Å². The fourth-order valence-electron chi connectivity index (χ4n) is 3.46. The van der Waals surface area contributed by atoms with Crippen LogP contribution in [0.1, 0.15) is 12.8 Å². The minimum atomic E-state index is 0.400. The molecule has 1 saturated heterocycles. The van der Waals surface area contributed by atoms with Crippen molar-refractivity contribution in [2.45, 2.75) is 18.9 Å². The van der Waals surface area contributed by atoms with Crippen molar-refractivity contribution < 1.29 is 4.74 Å². The number of rotatable bonds is 4. The molecule has 1 aliphatic heterocycles. The van der Waals surface area contributed by atoms with Gasteiger partial charge in [0.05, 0.1) is 5.02 Å². The molecule has 3 unspecified atom stereocenters. The smallest absolute Gasteiger partial charge is 0.138 e. The van der Waals surface area contributed by atoms with Gasteiger partial charge in [-0.15, -0.1) is 0 Å². The van der Waals surface area contributed by atoms with Crippen LogP contribution in [0.15, 0.2) is 18.2 Å². The van der Waals surface area contributed by atoms with E-state index >= 15 is 0 Å². The molecule has 0 spiro atoms. The zero-order valence-corrected chi connectivity index (χ0v) is 12.9. The SMILES string of the molecule is NC1CCC2CN(CCOc3ccc(Cl)cc3Cl)CC12. The van der Waals surface area contributed by atoms with Gasteiger partial charge >= 0.3 is 0 Å². The Bertz CT molecular complexity index is 483. The van der Waals surface area contributed by atoms with Crippen LogP contribution in [-0.4, -0.2) is 37.2 Å². The number of nitrogens with zero attached hydrogens (tertiary/aromatic N) is 1. The highest BCUT2D eigenvalue weighted by molar-refractivity contribution is 6.35. The molecule has 0 bridgehead atoms. The molecule has 3 rings (SSSR count). The van der Waals surface area contributed by atoms with Gasteiger partial charge in [0.2, 0.25) is 0 Å². The largest absolute Gasteiger partial charge is 0.491 e. The van der Waals surface area contributed by atoms with Crippen LogP contribution in [0.3, 0.4) is 0 Å². The summed E-state index contributed by atoms with van der Waals surface area (Å²) in [5.74, 6) is 2.19. The number of likely N-dealkylation sites (tertiary alicyclic amines) is 1. The lowest BCUT2D eigenvalue weighted by Crippen LogP contribution is -2.32. The Kier molecular flexibility index (Phi) is 4.41. The molecule has 5 heteroatoms. The second kappa shape index (κ2) is 6.10. The Hall–Kier alpha value is -0.480. The first-order valence-electron chi connectivity index (χ1n) is 7.19. The highest BCUT2D eigenvalue weighted by Crippen LogP contribution is 2.37. The van der Waals surface area contributed by atoms with Gasteiger partial charge in [-0.25, -0.2) is 0 Å². The molecular weight excluding hydrogens is 295 g/mol. The van der Waals surface area contributed by atoms with Crippen molar-refractivity contribution in [3.63, 3.8) is 0 Å². The number of hydrogen-bond acceptors (Lipinski definition) is 3. The topological polar surface area (TPSA) is 38.5 Å². The molecule has 1 aliphatic carbocycles. The van der Waals surface area contributed by atoms with Gasteiger partial charge in [-0.2, -0.15) is 0 Å². The molecule has 1 heterocycles. The zero-order chi connectivity index (χ0) is 14.1. The lowest BCUT2D eigenvalue weighted by atomic mass is 9.98. The number of fused-ring (bicyclic) bond motifs is 1. The predicted molar refractivity (Wildman–Crippen MR) is 82.6 cm³/mol. The second-order valence-corrected chi connectivity index (χ2v) is 6.69. The maximum absolute atomic E-state index is 6.15. The van der Waals surface area contributed by atoms with Gasteiger partial charge in [-0.3, -0.25) is 4.90 Å². The summed E-state index contributed by atoms with van der Waals surface area (Å²) in [6, 6.07) is 5.72. The van der Waals surface area contributed by atoms with Crippen LogP contribution in [0.25, 0.3) is 0 Å². The van der Waals surface area contributed by atoms with E-state index in [0.29, 0.717) is 34.4 Å². The lowest BCUT2D eigenvalue weighted by Gasteiger charge is -2.18. The van der Waals surface area contributed by atoms with Crippen LogP contribution in [0.4, 0.5) is 0 Å². The summed E-state index contributed by atoms with van der Waals surface area (Å²) in [6.45, 7) is 3.86. The Morgan fingerprint density at radius 1 is 1.25 bits per heavy atom. The van der Waals surface area contributed by atoms with Crippen LogP contribution in [-0.2, 0) is 0 Å². The maximum Gasteiger partial charge on any atom is 0.138 e. The summed E-state index contributed by atoms with van der Waals surface area (Å²) >= 11 is 11.9. The lowest BCUT2D eigenvalue weighted by molar-refractivity contribution is 0.226. The minimum Gasteiger partial charge on any atom is -0.491 e. The van der Waals surface area contributed by atoms with Crippen molar-refractivity contribution in [1.29, 1.82) is 0 Å². The van der Waals surface area contributed by atoms with E-state index < -0.39 is 0 Å². The van der Waals surface area contributed by atoms with Crippen LogP contribution < -0.4 is 10.5 Å². The average Bonchev–Trinajstić information content (AvgIpc) is 2.95. The summed E-state index contributed by atoms with van der Waals surface area (Å²) in [4.78, 5) is 2.46. The minimum absolute atomic E-state index is 0.400. The molecule has 1 saturated carbocycles. The third kappa shape index (κ3) is 3.06. The van der Waals surface area contributed by atoms with Gasteiger partial charge in [-0.1, -0.05) is 23.2 Å². The molecule has 3 atom stereocenters. The highest BCUT2D eigenvalue weighted by Gasteiger charge is 2.40. The standard InChI is InChI=1S/C15H20Cl2N2O/c16-11-2-4-15(13(17)7-11)20-6-5-19-8-10-1-3-14(18)12(10)9-19/h2,4,7,10,12,14H,1,3,5-6,8-9,18H2. The first-order chi connectivity index (χ1) is 9.63. The Morgan fingerprint density at radius 2 is 2.10 bits per heavy atom. The van der Waals surface area contributed by atoms with E-state index in [1.165, 1.54) is 12.8 Å². The summed E-state index contributed by atoms with van der Waals surface area (Å²) in [5.41, 5.74) is 6.15. The van der Waals surface area contributed by atoms with E-state index in [1.807, 2.05) is 6.07 Å². The van der Waals surface area contributed by atoms with Crippen molar-refractivity contribution in [3.8, 4) is 5.75 Å². The van der Waals surface area contributed by atoms with Gasteiger partial charge in [0, 0.05) is 30.7 Å².